The molecule has 3 fully saturated rings. The van der Waals surface area contributed by atoms with Crippen LogP contribution in [-0.2, 0) is 32.9 Å². The Bertz CT molecular complexity index is 480. The predicted octanol–water partition coefficient (Wildman–Crippen LogP) is 2.44. The third-order valence-corrected chi connectivity index (χ3v) is 5.19. The molecular formula is C17H30B2O7. The molecule has 146 valence electrons. The van der Waals surface area contributed by atoms with Crippen LogP contribution in [0.3, 0.4) is 0 Å². The van der Waals surface area contributed by atoms with Gasteiger partial charge in [0.1, 0.15) is 12.7 Å². The average molecular weight is 368 g/mol. The molecular weight excluding hydrogens is 338 g/mol. The number of fused-ring (bicyclic) bond motifs is 3. The minimum atomic E-state index is -1.10. The van der Waals surface area contributed by atoms with E-state index in [1.54, 1.807) is 0 Å². The maximum absolute atomic E-state index is 12.1. The highest BCUT2D eigenvalue weighted by Crippen LogP contribution is 2.42. The van der Waals surface area contributed by atoms with E-state index in [-0.39, 0.29) is 31.9 Å². The molecule has 0 aromatic carbocycles. The summed E-state index contributed by atoms with van der Waals surface area (Å²) in [6.07, 6.45) is 5.12. The first-order valence-corrected chi connectivity index (χ1v) is 10.1. The normalized spacial score (nSPS) is 33.3. The molecule has 4 atom stereocenters. The standard InChI is InChI=1S/C17H30B2O7/c1-4-7-8-9-10-14(20)21-12-17-16(25-19(6-3)26-17)15-13(11-22-17)23-18(5-2)24-15/h13,15-16H,4-12H2,1-3H3. The monoisotopic (exact) mass is 368 g/mol. The minimum absolute atomic E-state index is 0.0180. The van der Waals surface area contributed by atoms with E-state index in [1.165, 1.54) is 0 Å². The summed E-state index contributed by atoms with van der Waals surface area (Å²) in [7, 11) is -0.652. The highest BCUT2D eigenvalue weighted by molar-refractivity contribution is 6.46. The number of ether oxygens (including phenoxy) is 2. The molecule has 4 unspecified atom stereocenters. The number of unbranched alkanes of at least 4 members (excludes halogenated alkanes) is 3. The third kappa shape index (κ3) is 4.28. The molecule has 3 heterocycles. The van der Waals surface area contributed by atoms with Crippen LogP contribution in [0, 0.1) is 0 Å². The highest BCUT2D eigenvalue weighted by Gasteiger charge is 2.63. The molecule has 0 aliphatic carbocycles. The summed E-state index contributed by atoms with van der Waals surface area (Å²) >= 11 is 0. The summed E-state index contributed by atoms with van der Waals surface area (Å²) in [5, 5.41) is 0. The Kier molecular flexibility index (Phi) is 7.02. The quantitative estimate of drug-likeness (QED) is 0.352. The molecule has 7 nitrogen and oxygen atoms in total. The van der Waals surface area contributed by atoms with Gasteiger partial charge in [0, 0.05) is 6.42 Å². The molecule has 26 heavy (non-hydrogen) atoms. The highest BCUT2D eigenvalue weighted by atomic mass is 16.8. The van der Waals surface area contributed by atoms with Crippen LogP contribution < -0.4 is 0 Å². The van der Waals surface area contributed by atoms with Gasteiger partial charge in [-0.1, -0.05) is 40.0 Å². The van der Waals surface area contributed by atoms with Crippen LogP contribution in [0.4, 0.5) is 0 Å². The van der Waals surface area contributed by atoms with Crippen LogP contribution in [0.25, 0.3) is 0 Å². The zero-order valence-electron chi connectivity index (χ0n) is 16.1. The molecule has 3 saturated heterocycles. The van der Waals surface area contributed by atoms with Crippen molar-refractivity contribution in [1.82, 2.24) is 0 Å². The lowest BCUT2D eigenvalue weighted by atomic mass is 9.86. The summed E-state index contributed by atoms with van der Waals surface area (Å²) in [5.74, 6) is -1.33. The van der Waals surface area contributed by atoms with Crippen LogP contribution in [0.5, 0.6) is 0 Å². The minimum Gasteiger partial charge on any atom is -0.460 e. The van der Waals surface area contributed by atoms with E-state index in [9.17, 15) is 4.79 Å². The van der Waals surface area contributed by atoms with E-state index >= 15 is 0 Å². The molecule has 3 aliphatic rings. The Morgan fingerprint density at radius 2 is 1.88 bits per heavy atom. The first-order chi connectivity index (χ1) is 12.6. The van der Waals surface area contributed by atoms with Crippen LogP contribution in [-0.4, -0.2) is 57.5 Å². The van der Waals surface area contributed by atoms with E-state index in [0.717, 1.165) is 32.0 Å². The SMILES string of the molecule is CCCCCCC(=O)OCC12OCC3OB(CC)OC3C1OB(CC)O2. The smallest absolute Gasteiger partial charge is 0.459 e. The Morgan fingerprint density at radius 3 is 2.62 bits per heavy atom. The molecule has 3 aliphatic heterocycles. The molecule has 0 aromatic heterocycles. The summed E-state index contributed by atoms with van der Waals surface area (Å²) in [4.78, 5) is 12.1. The van der Waals surface area contributed by atoms with Gasteiger partial charge in [0.05, 0.1) is 18.8 Å². The number of hydrogen-bond acceptors (Lipinski definition) is 7. The Labute approximate surface area is 156 Å². The second-order valence-electron chi connectivity index (χ2n) is 7.22. The molecule has 0 spiro atoms. The largest absolute Gasteiger partial charge is 0.460 e. The van der Waals surface area contributed by atoms with Gasteiger partial charge in [-0.25, -0.2) is 0 Å². The number of rotatable bonds is 9. The zero-order chi connectivity index (χ0) is 18.6. The maximum Gasteiger partial charge on any atom is 0.459 e. The number of hydrogen-bond donors (Lipinski definition) is 0. The number of carbonyl (C=O) groups is 1. The fourth-order valence-corrected chi connectivity index (χ4v) is 3.70. The van der Waals surface area contributed by atoms with Gasteiger partial charge in [-0.3, -0.25) is 4.79 Å². The summed E-state index contributed by atoms with van der Waals surface area (Å²) in [6.45, 7) is 6.49. The van der Waals surface area contributed by atoms with E-state index in [2.05, 4.69) is 6.92 Å². The van der Waals surface area contributed by atoms with Crippen molar-refractivity contribution in [2.75, 3.05) is 13.2 Å². The van der Waals surface area contributed by atoms with Gasteiger partial charge in [0.15, 0.2) is 0 Å². The van der Waals surface area contributed by atoms with Crippen LogP contribution in [0.2, 0.25) is 12.6 Å². The molecule has 0 aromatic rings. The van der Waals surface area contributed by atoms with Crippen molar-refractivity contribution in [3.63, 3.8) is 0 Å². The van der Waals surface area contributed by atoms with E-state index < -0.39 is 19.0 Å². The van der Waals surface area contributed by atoms with Crippen molar-refractivity contribution in [2.45, 2.75) is 89.6 Å². The van der Waals surface area contributed by atoms with Gasteiger partial charge in [0.25, 0.3) is 0 Å². The second-order valence-corrected chi connectivity index (χ2v) is 7.22. The average Bonchev–Trinajstić information content (AvgIpc) is 3.24. The molecule has 0 saturated carbocycles. The third-order valence-electron chi connectivity index (χ3n) is 5.19. The topological polar surface area (TPSA) is 72.5 Å². The fraction of sp³-hybridized carbons (Fsp3) is 0.941. The molecule has 0 bridgehead atoms. The van der Waals surface area contributed by atoms with Crippen LogP contribution >= 0.6 is 0 Å². The van der Waals surface area contributed by atoms with Crippen LogP contribution in [0.1, 0.15) is 52.9 Å². The van der Waals surface area contributed by atoms with E-state index in [1.807, 2.05) is 13.8 Å². The van der Waals surface area contributed by atoms with Gasteiger partial charge in [-0.15, -0.1) is 0 Å². The van der Waals surface area contributed by atoms with Gasteiger partial charge < -0.3 is 28.1 Å². The first kappa shape index (κ1) is 20.1. The summed E-state index contributed by atoms with van der Waals surface area (Å²) < 4.78 is 35.4. The zero-order valence-corrected chi connectivity index (χ0v) is 16.1. The van der Waals surface area contributed by atoms with Gasteiger partial charge in [0.2, 0.25) is 5.79 Å². The molecule has 9 heteroatoms. The fourth-order valence-electron chi connectivity index (χ4n) is 3.70. The van der Waals surface area contributed by atoms with Crippen molar-refractivity contribution in [3.05, 3.63) is 0 Å². The van der Waals surface area contributed by atoms with Crippen molar-refractivity contribution in [2.24, 2.45) is 0 Å². The predicted molar refractivity (Wildman–Crippen MR) is 96.6 cm³/mol. The van der Waals surface area contributed by atoms with Crippen molar-refractivity contribution in [3.8, 4) is 0 Å². The molecule has 0 N–H and O–H groups in total. The second kappa shape index (κ2) is 9.06. The van der Waals surface area contributed by atoms with Crippen molar-refractivity contribution in [1.29, 1.82) is 0 Å². The van der Waals surface area contributed by atoms with Crippen molar-refractivity contribution >= 4 is 20.2 Å². The van der Waals surface area contributed by atoms with Gasteiger partial charge >= 0.3 is 20.2 Å². The lowest BCUT2D eigenvalue weighted by Crippen LogP contribution is -2.60. The number of esters is 1. The first-order valence-electron chi connectivity index (χ1n) is 10.1. The molecule has 3 rings (SSSR count). The Balaban J connectivity index is 1.59. The lowest BCUT2D eigenvalue weighted by Gasteiger charge is -2.41. The van der Waals surface area contributed by atoms with Crippen LogP contribution in [0.15, 0.2) is 0 Å². The maximum atomic E-state index is 12.1. The van der Waals surface area contributed by atoms with E-state index in [0.29, 0.717) is 19.3 Å². The summed E-state index contributed by atoms with van der Waals surface area (Å²) in [5.41, 5.74) is 0. The van der Waals surface area contributed by atoms with Crippen molar-refractivity contribution < 1.29 is 32.9 Å². The lowest BCUT2D eigenvalue weighted by molar-refractivity contribution is -0.273. The Morgan fingerprint density at radius 1 is 1.08 bits per heavy atom. The molecule has 0 amide bonds. The van der Waals surface area contributed by atoms with Gasteiger partial charge in [-0.2, -0.15) is 0 Å². The van der Waals surface area contributed by atoms with E-state index in [4.69, 9.17) is 28.1 Å². The Hall–Kier alpha value is -0.600. The number of carbonyl (C=O) groups excluding carboxylic acids is 1. The van der Waals surface area contributed by atoms with Gasteiger partial charge in [-0.05, 0) is 19.1 Å². The molecule has 0 radical (unpaired) electrons. The summed E-state index contributed by atoms with van der Waals surface area (Å²) in [6, 6.07) is 0.